The number of likely N-dealkylation sites (tertiary alicyclic amines) is 1. The first kappa shape index (κ1) is 16.5. The fourth-order valence-corrected chi connectivity index (χ4v) is 4.59. The van der Waals surface area contributed by atoms with Gasteiger partial charge in [-0.2, -0.15) is 0 Å². The lowest BCUT2D eigenvalue weighted by Crippen LogP contribution is -2.50. The van der Waals surface area contributed by atoms with Crippen molar-refractivity contribution in [3.8, 4) is 0 Å². The van der Waals surface area contributed by atoms with E-state index in [0.29, 0.717) is 12.0 Å². The Bertz CT molecular complexity index is 760. The van der Waals surface area contributed by atoms with Gasteiger partial charge in [-0.1, -0.05) is 18.2 Å². The number of rotatable bonds is 3. The average Bonchev–Trinajstić information content (AvgIpc) is 3.19. The summed E-state index contributed by atoms with van der Waals surface area (Å²) in [6.07, 6.45) is 4.43. The van der Waals surface area contributed by atoms with Crippen molar-refractivity contribution >= 4 is 16.9 Å². The predicted octanol–water partition coefficient (Wildman–Crippen LogP) is 2.80. The van der Waals surface area contributed by atoms with Gasteiger partial charge in [0, 0.05) is 48.2 Å². The molecular weight excluding hydrogens is 312 g/mol. The number of H-pyrrole nitrogens is 1. The summed E-state index contributed by atoms with van der Waals surface area (Å²) in [6.45, 7) is 6.74. The van der Waals surface area contributed by atoms with Gasteiger partial charge in [0.1, 0.15) is 0 Å². The molecule has 2 aliphatic rings. The van der Waals surface area contributed by atoms with Crippen LogP contribution >= 0.6 is 0 Å². The second kappa shape index (κ2) is 6.71. The summed E-state index contributed by atoms with van der Waals surface area (Å²) < 4.78 is 0. The molecule has 2 fully saturated rings. The van der Waals surface area contributed by atoms with Gasteiger partial charge in [-0.3, -0.25) is 0 Å². The molecule has 2 amide bonds. The molecule has 0 radical (unpaired) electrons. The molecule has 0 unspecified atom stereocenters. The zero-order valence-electron chi connectivity index (χ0n) is 15.0. The Hall–Kier alpha value is -2.01. The number of hydrogen-bond donors (Lipinski definition) is 3. The highest BCUT2D eigenvalue weighted by Crippen LogP contribution is 2.35. The van der Waals surface area contributed by atoms with Crippen molar-refractivity contribution in [2.75, 3.05) is 32.7 Å². The van der Waals surface area contributed by atoms with Gasteiger partial charge in [-0.15, -0.1) is 0 Å². The quantitative estimate of drug-likeness (QED) is 0.805. The van der Waals surface area contributed by atoms with Crippen LogP contribution < -0.4 is 10.6 Å². The van der Waals surface area contributed by atoms with Crippen molar-refractivity contribution < 1.29 is 4.79 Å². The third-order valence-corrected chi connectivity index (χ3v) is 5.96. The second-order valence-electron chi connectivity index (χ2n) is 7.71. The molecule has 25 heavy (non-hydrogen) atoms. The van der Waals surface area contributed by atoms with Crippen molar-refractivity contribution in [3.63, 3.8) is 0 Å². The van der Waals surface area contributed by atoms with Gasteiger partial charge in [0.05, 0.1) is 0 Å². The molecule has 2 saturated heterocycles. The number of aromatic nitrogens is 1. The van der Waals surface area contributed by atoms with Gasteiger partial charge in [-0.25, -0.2) is 4.79 Å². The number of nitrogens with zero attached hydrogens (tertiary/aromatic N) is 1. The fourth-order valence-electron chi connectivity index (χ4n) is 4.59. The number of fused-ring (bicyclic) bond motifs is 1. The minimum Gasteiger partial charge on any atom is -0.358 e. The third kappa shape index (κ3) is 3.25. The van der Waals surface area contributed by atoms with E-state index in [1.807, 2.05) is 11.0 Å². The minimum atomic E-state index is 0.100. The predicted molar refractivity (Wildman–Crippen MR) is 101 cm³/mol. The number of piperidine rings is 1. The van der Waals surface area contributed by atoms with Crippen LogP contribution in [0.5, 0.6) is 0 Å². The summed E-state index contributed by atoms with van der Waals surface area (Å²) in [4.78, 5) is 18.1. The van der Waals surface area contributed by atoms with Crippen LogP contribution in [0.1, 0.15) is 30.5 Å². The van der Waals surface area contributed by atoms with Gasteiger partial charge in [0.15, 0.2) is 0 Å². The number of aromatic amines is 1. The Balaban J connectivity index is 1.35. The first-order chi connectivity index (χ1) is 12.2. The van der Waals surface area contributed by atoms with E-state index in [-0.39, 0.29) is 6.03 Å². The van der Waals surface area contributed by atoms with E-state index in [9.17, 15) is 4.79 Å². The van der Waals surface area contributed by atoms with Crippen LogP contribution in [0.15, 0.2) is 24.3 Å². The van der Waals surface area contributed by atoms with Crippen LogP contribution in [0, 0.1) is 12.3 Å². The second-order valence-corrected chi connectivity index (χ2v) is 7.71. The van der Waals surface area contributed by atoms with Crippen molar-refractivity contribution in [1.29, 1.82) is 0 Å². The highest BCUT2D eigenvalue weighted by Gasteiger charge is 2.39. The van der Waals surface area contributed by atoms with E-state index >= 15 is 0 Å². The molecule has 3 heterocycles. The highest BCUT2D eigenvalue weighted by atomic mass is 16.2. The number of carbonyl (C=O) groups is 1. The lowest BCUT2D eigenvalue weighted by Gasteiger charge is -2.39. The number of benzene rings is 1. The standard InChI is InChI=1S/C20H28N4O/c1-15-16(17-5-2-3-6-18(17)23-15)7-10-22-19(25)24-12-4-8-20(14-24)9-11-21-13-20/h2-3,5-6,21,23H,4,7-14H2,1H3,(H,22,25)/t20-/m0/s1. The zero-order chi connectivity index (χ0) is 17.3. The van der Waals surface area contributed by atoms with Crippen molar-refractivity contribution in [2.24, 2.45) is 5.41 Å². The first-order valence-corrected chi connectivity index (χ1v) is 9.47. The number of para-hydroxylation sites is 1. The number of amides is 2. The molecule has 0 bridgehead atoms. The van der Waals surface area contributed by atoms with Crippen LogP contribution in [-0.4, -0.2) is 48.6 Å². The number of hydrogen-bond acceptors (Lipinski definition) is 2. The van der Waals surface area contributed by atoms with E-state index in [4.69, 9.17) is 0 Å². The normalized spacial score (nSPS) is 23.5. The molecule has 4 rings (SSSR count). The molecule has 2 aliphatic heterocycles. The van der Waals surface area contributed by atoms with Gasteiger partial charge in [0.25, 0.3) is 0 Å². The van der Waals surface area contributed by atoms with Crippen molar-refractivity contribution in [1.82, 2.24) is 20.5 Å². The zero-order valence-corrected chi connectivity index (χ0v) is 15.0. The number of carbonyl (C=O) groups excluding carboxylic acids is 1. The maximum absolute atomic E-state index is 12.6. The van der Waals surface area contributed by atoms with E-state index in [0.717, 1.165) is 39.0 Å². The molecule has 1 spiro atoms. The monoisotopic (exact) mass is 340 g/mol. The van der Waals surface area contributed by atoms with Crippen molar-refractivity contribution in [2.45, 2.75) is 32.6 Å². The number of nitrogens with one attached hydrogen (secondary N) is 3. The average molecular weight is 340 g/mol. The molecule has 1 atom stereocenters. The van der Waals surface area contributed by atoms with E-state index in [2.05, 4.69) is 40.7 Å². The topological polar surface area (TPSA) is 60.2 Å². The largest absolute Gasteiger partial charge is 0.358 e. The van der Waals surface area contributed by atoms with Crippen LogP contribution in [-0.2, 0) is 6.42 Å². The Morgan fingerprint density at radius 2 is 2.20 bits per heavy atom. The maximum Gasteiger partial charge on any atom is 0.317 e. The molecule has 5 heteroatoms. The summed E-state index contributed by atoms with van der Waals surface area (Å²) in [5.74, 6) is 0. The summed E-state index contributed by atoms with van der Waals surface area (Å²) in [7, 11) is 0. The Morgan fingerprint density at radius 3 is 3.04 bits per heavy atom. The molecule has 5 nitrogen and oxygen atoms in total. The van der Waals surface area contributed by atoms with E-state index in [1.165, 1.54) is 35.0 Å². The number of urea groups is 1. The SMILES string of the molecule is Cc1[nH]c2ccccc2c1CCNC(=O)N1CCC[C@@]2(CCNC2)C1. The Labute approximate surface area is 149 Å². The summed E-state index contributed by atoms with van der Waals surface area (Å²) in [5, 5.41) is 7.87. The van der Waals surface area contributed by atoms with E-state index in [1.54, 1.807) is 0 Å². The molecule has 1 aromatic heterocycles. The number of aryl methyl sites for hydroxylation is 1. The molecule has 3 N–H and O–H groups in total. The third-order valence-electron chi connectivity index (χ3n) is 5.96. The van der Waals surface area contributed by atoms with Gasteiger partial charge in [0.2, 0.25) is 0 Å². The lowest BCUT2D eigenvalue weighted by molar-refractivity contribution is 0.118. The molecule has 1 aromatic carbocycles. The highest BCUT2D eigenvalue weighted by molar-refractivity contribution is 5.84. The summed E-state index contributed by atoms with van der Waals surface area (Å²) in [5.41, 5.74) is 4.01. The van der Waals surface area contributed by atoms with Crippen LogP contribution in [0.3, 0.4) is 0 Å². The molecule has 0 aliphatic carbocycles. The molecule has 0 saturated carbocycles. The molecule has 2 aromatic rings. The molecule has 134 valence electrons. The smallest absolute Gasteiger partial charge is 0.317 e. The molecular formula is C20H28N4O. The summed E-state index contributed by atoms with van der Waals surface area (Å²) >= 11 is 0. The maximum atomic E-state index is 12.6. The van der Waals surface area contributed by atoms with Gasteiger partial charge in [-0.05, 0) is 50.8 Å². The summed E-state index contributed by atoms with van der Waals surface area (Å²) in [6, 6.07) is 8.47. The van der Waals surface area contributed by atoms with Gasteiger partial charge >= 0.3 is 6.03 Å². The van der Waals surface area contributed by atoms with Crippen LogP contribution in [0.4, 0.5) is 4.79 Å². The van der Waals surface area contributed by atoms with Crippen LogP contribution in [0.2, 0.25) is 0 Å². The van der Waals surface area contributed by atoms with Crippen molar-refractivity contribution in [3.05, 3.63) is 35.5 Å². The van der Waals surface area contributed by atoms with Gasteiger partial charge < -0.3 is 20.5 Å². The Kier molecular flexibility index (Phi) is 4.42. The fraction of sp³-hybridized carbons (Fsp3) is 0.550. The van der Waals surface area contributed by atoms with E-state index < -0.39 is 0 Å². The first-order valence-electron chi connectivity index (χ1n) is 9.47. The lowest BCUT2D eigenvalue weighted by atomic mass is 9.79. The van der Waals surface area contributed by atoms with Crippen LogP contribution in [0.25, 0.3) is 10.9 Å². The minimum absolute atomic E-state index is 0.100. The Morgan fingerprint density at radius 1 is 1.32 bits per heavy atom.